The van der Waals surface area contributed by atoms with Crippen molar-refractivity contribution in [1.82, 2.24) is 15.1 Å². The summed E-state index contributed by atoms with van der Waals surface area (Å²) in [6.45, 7) is 11.0. The third-order valence-corrected chi connectivity index (χ3v) is 5.90. The molecular weight excluding hydrogens is 322 g/mol. The molecule has 0 radical (unpaired) electrons. The van der Waals surface area contributed by atoms with E-state index in [-0.39, 0.29) is 6.03 Å². The smallest absolute Gasteiger partial charge is 0.317 e. The summed E-state index contributed by atoms with van der Waals surface area (Å²) in [6, 6.07) is 10.5. The molecule has 26 heavy (non-hydrogen) atoms. The highest BCUT2D eigenvalue weighted by Crippen LogP contribution is 2.24. The zero-order chi connectivity index (χ0) is 18.4. The van der Waals surface area contributed by atoms with E-state index in [4.69, 9.17) is 0 Å². The number of hydrogen-bond donors (Lipinski definition) is 1. The van der Waals surface area contributed by atoms with E-state index < -0.39 is 0 Å². The Labute approximate surface area is 158 Å². The van der Waals surface area contributed by atoms with Gasteiger partial charge in [-0.05, 0) is 49.0 Å². The van der Waals surface area contributed by atoms with E-state index in [1.807, 2.05) is 23.1 Å². The molecule has 2 heterocycles. The molecule has 2 amide bonds. The van der Waals surface area contributed by atoms with Gasteiger partial charge in [0.2, 0.25) is 0 Å². The Kier molecular flexibility index (Phi) is 6.95. The highest BCUT2D eigenvalue weighted by Gasteiger charge is 2.27. The second-order valence-electron chi connectivity index (χ2n) is 8.56. The summed E-state index contributed by atoms with van der Waals surface area (Å²) in [5.41, 5.74) is 1.27. The van der Waals surface area contributed by atoms with E-state index in [1.54, 1.807) is 0 Å². The van der Waals surface area contributed by atoms with Crippen molar-refractivity contribution in [3.8, 4) is 0 Å². The van der Waals surface area contributed by atoms with Crippen LogP contribution >= 0.6 is 0 Å². The molecule has 1 aromatic rings. The van der Waals surface area contributed by atoms with Crippen molar-refractivity contribution in [2.75, 3.05) is 39.3 Å². The molecule has 4 heteroatoms. The minimum atomic E-state index is 0.111. The maximum Gasteiger partial charge on any atom is 0.317 e. The Bertz CT molecular complexity index is 544. The van der Waals surface area contributed by atoms with E-state index in [2.05, 4.69) is 36.2 Å². The molecule has 1 N–H and O–H groups in total. The fraction of sp³-hybridized carbons (Fsp3) is 0.682. The van der Waals surface area contributed by atoms with Gasteiger partial charge < -0.3 is 15.1 Å². The minimum Gasteiger partial charge on any atom is -0.338 e. The highest BCUT2D eigenvalue weighted by molar-refractivity contribution is 5.74. The van der Waals surface area contributed by atoms with Gasteiger partial charge in [0.1, 0.15) is 0 Å². The zero-order valence-electron chi connectivity index (χ0n) is 16.5. The molecule has 0 aliphatic carbocycles. The average molecular weight is 358 g/mol. The molecular formula is C22H35N3O. The molecule has 2 fully saturated rings. The van der Waals surface area contributed by atoms with Gasteiger partial charge in [-0.25, -0.2) is 4.79 Å². The standard InChI is InChI=1S/C22H35N3O/c1-18-14-19(2)16-24(15-18)17-21-9-12-25(13-10-21)22(26)23-11-8-20-6-4-3-5-7-20/h3-7,18-19,21H,8-17H2,1-2H3,(H,23,26). The molecule has 2 saturated heterocycles. The van der Waals surface area contributed by atoms with Crippen LogP contribution in [0.2, 0.25) is 0 Å². The van der Waals surface area contributed by atoms with Crippen LogP contribution in [0.5, 0.6) is 0 Å². The van der Waals surface area contributed by atoms with Gasteiger partial charge >= 0.3 is 6.03 Å². The fourth-order valence-electron chi connectivity index (χ4n) is 4.70. The number of nitrogens with one attached hydrogen (secondary N) is 1. The number of urea groups is 1. The molecule has 0 bridgehead atoms. The Morgan fingerprint density at radius 3 is 2.38 bits per heavy atom. The van der Waals surface area contributed by atoms with Crippen LogP contribution in [-0.4, -0.2) is 55.1 Å². The number of piperidine rings is 2. The van der Waals surface area contributed by atoms with Crippen LogP contribution in [0.4, 0.5) is 4.79 Å². The number of rotatable bonds is 5. The average Bonchev–Trinajstić information content (AvgIpc) is 2.62. The lowest BCUT2D eigenvalue weighted by atomic mass is 9.89. The van der Waals surface area contributed by atoms with Crippen molar-refractivity contribution >= 4 is 6.03 Å². The molecule has 4 nitrogen and oxygen atoms in total. The van der Waals surface area contributed by atoms with Gasteiger partial charge in [-0.1, -0.05) is 44.2 Å². The van der Waals surface area contributed by atoms with E-state index in [0.717, 1.165) is 50.1 Å². The van der Waals surface area contributed by atoms with E-state index in [9.17, 15) is 4.79 Å². The van der Waals surface area contributed by atoms with Crippen molar-refractivity contribution in [2.45, 2.75) is 39.5 Å². The molecule has 2 unspecified atom stereocenters. The summed E-state index contributed by atoms with van der Waals surface area (Å²) in [7, 11) is 0. The van der Waals surface area contributed by atoms with Crippen molar-refractivity contribution in [3.63, 3.8) is 0 Å². The molecule has 0 spiro atoms. The number of amides is 2. The van der Waals surface area contributed by atoms with Crippen LogP contribution in [-0.2, 0) is 6.42 Å². The predicted octanol–water partition coefficient (Wildman–Crippen LogP) is 3.63. The first kappa shape index (κ1) is 19.2. The Hall–Kier alpha value is -1.55. The molecule has 1 aromatic carbocycles. The lowest BCUT2D eigenvalue weighted by Crippen LogP contribution is -2.47. The number of benzene rings is 1. The lowest BCUT2D eigenvalue weighted by molar-refractivity contribution is 0.0996. The number of nitrogens with zero attached hydrogens (tertiary/aromatic N) is 2. The number of hydrogen-bond acceptors (Lipinski definition) is 2. The van der Waals surface area contributed by atoms with Crippen molar-refractivity contribution in [3.05, 3.63) is 35.9 Å². The maximum absolute atomic E-state index is 12.4. The minimum absolute atomic E-state index is 0.111. The van der Waals surface area contributed by atoms with Gasteiger partial charge in [0, 0.05) is 39.3 Å². The summed E-state index contributed by atoms with van der Waals surface area (Å²) >= 11 is 0. The summed E-state index contributed by atoms with van der Waals surface area (Å²) in [5.74, 6) is 2.41. The van der Waals surface area contributed by atoms with Gasteiger partial charge in [0.25, 0.3) is 0 Å². The first-order valence-corrected chi connectivity index (χ1v) is 10.4. The molecule has 0 saturated carbocycles. The second kappa shape index (κ2) is 9.40. The SMILES string of the molecule is CC1CC(C)CN(CC2CCN(C(=O)NCCc3ccccc3)CC2)C1. The van der Waals surface area contributed by atoms with Gasteiger partial charge in [-0.3, -0.25) is 0 Å². The Morgan fingerprint density at radius 1 is 1.08 bits per heavy atom. The summed E-state index contributed by atoms with van der Waals surface area (Å²) < 4.78 is 0. The third-order valence-electron chi connectivity index (χ3n) is 5.90. The summed E-state index contributed by atoms with van der Waals surface area (Å²) in [4.78, 5) is 17.0. The van der Waals surface area contributed by atoms with Gasteiger partial charge in [-0.15, -0.1) is 0 Å². The number of carbonyl (C=O) groups excluding carboxylic acids is 1. The molecule has 0 aromatic heterocycles. The maximum atomic E-state index is 12.4. The van der Waals surface area contributed by atoms with E-state index >= 15 is 0 Å². The largest absolute Gasteiger partial charge is 0.338 e. The van der Waals surface area contributed by atoms with Crippen LogP contribution in [0.25, 0.3) is 0 Å². The molecule has 2 aliphatic rings. The van der Waals surface area contributed by atoms with Gasteiger partial charge in [-0.2, -0.15) is 0 Å². The van der Waals surface area contributed by atoms with Gasteiger partial charge in [0.05, 0.1) is 0 Å². The first-order chi connectivity index (χ1) is 12.6. The summed E-state index contributed by atoms with van der Waals surface area (Å²) in [6.07, 6.45) is 4.56. The van der Waals surface area contributed by atoms with Crippen LogP contribution in [0.3, 0.4) is 0 Å². The number of likely N-dealkylation sites (tertiary alicyclic amines) is 2. The van der Waals surface area contributed by atoms with Gasteiger partial charge in [0.15, 0.2) is 0 Å². The molecule has 3 rings (SSSR count). The summed E-state index contributed by atoms with van der Waals surface area (Å²) in [5, 5.41) is 3.09. The fourth-order valence-corrected chi connectivity index (χ4v) is 4.70. The van der Waals surface area contributed by atoms with Crippen molar-refractivity contribution < 1.29 is 4.79 Å². The van der Waals surface area contributed by atoms with E-state index in [0.29, 0.717) is 6.54 Å². The zero-order valence-corrected chi connectivity index (χ0v) is 16.5. The second-order valence-corrected chi connectivity index (χ2v) is 8.56. The normalized spacial score (nSPS) is 25.2. The lowest BCUT2D eigenvalue weighted by Gasteiger charge is -2.39. The third kappa shape index (κ3) is 5.73. The Morgan fingerprint density at radius 2 is 1.73 bits per heavy atom. The highest BCUT2D eigenvalue weighted by atomic mass is 16.2. The molecule has 144 valence electrons. The monoisotopic (exact) mass is 357 g/mol. The topological polar surface area (TPSA) is 35.6 Å². The van der Waals surface area contributed by atoms with E-state index in [1.165, 1.54) is 31.6 Å². The van der Waals surface area contributed by atoms with Crippen LogP contribution in [0.15, 0.2) is 30.3 Å². The van der Waals surface area contributed by atoms with Crippen LogP contribution in [0, 0.1) is 17.8 Å². The van der Waals surface area contributed by atoms with Crippen LogP contribution in [0.1, 0.15) is 38.7 Å². The Balaban J connectivity index is 1.34. The predicted molar refractivity (Wildman–Crippen MR) is 107 cm³/mol. The van der Waals surface area contributed by atoms with Crippen molar-refractivity contribution in [2.24, 2.45) is 17.8 Å². The quantitative estimate of drug-likeness (QED) is 0.873. The molecule has 2 atom stereocenters. The van der Waals surface area contributed by atoms with Crippen molar-refractivity contribution in [1.29, 1.82) is 0 Å². The van der Waals surface area contributed by atoms with Crippen LogP contribution < -0.4 is 5.32 Å². The first-order valence-electron chi connectivity index (χ1n) is 10.4. The number of carbonyl (C=O) groups is 1. The molecule has 2 aliphatic heterocycles.